The molecule has 0 fully saturated rings. The molecule has 0 aliphatic carbocycles. The Morgan fingerprint density at radius 1 is 1.04 bits per heavy atom. The van der Waals surface area contributed by atoms with Crippen molar-refractivity contribution in [2.45, 2.75) is 13.0 Å². The Morgan fingerprint density at radius 2 is 1.82 bits per heavy atom. The van der Waals surface area contributed by atoms with Crippen LogP contribution in [0.3, 0.4) is 0 Å². The summed E-state index contributed by atoms with van der Waals surface area (Å²) in [6.45, 7) is 1.93. The first kappa shape index (κ1) is 18.3. The zero-order valence-electron chi connectivity index (χ0n) is 15.9. The SMILES string of the molecule is CC(NC(=O)c1cc2ccc(Cl)cc2n1C)c1ccc2c(=O)n(C)ccc2c1. The Hall–Kier alpha value is -3.05. The Morgan fingerprint density at radius 3 is 2.61 bits per heavy atom. The minimum atomic E-state index is -0.206. The summed E-state index contributed by atoms with van der Waals surface area (Å²) in [6.07, 6.45) is 1.75. The molecule has 0 radical (unpaired) electrons. The maximum absolute atomic E-state index is 12.8. The van der Waals surface area contributed by atoms with Crippen molar-refractivity contribution >= 4 is 39.2 Å². The van der Waals surface area contributed by atoms with Crippen LogP contribution < -0.4 is 10.9 Å². The lowest BCUT2D eigenvalue weighted by Crippen LogP contribution is -2.28. The molecule has 142 valence electrons. The lowest BCUT2D eigenvalue weighted by Gasteiger charge is -2.15. The fourth-order valence-electron chi connectivity index (χ4n) is 3.51. The van der Waals surface area contributed by atoms with E-state index in [1.807, 2.05) is 67.1 Å². The van der Waals surface area contributed by atoms with Gasteiger partial charge in [-0.2, -0.15) is 0 Å². The molecule has 0 spiro atoms. The minimum absolute atomic E-state index is 0.0325. The fourth-order valence-corrected chi connectivity index (χ4v) is 3.67. The highest BCUT2D eigenvalue weighted by Gasteiger charge is 2.17. The number of aromatic nitrogens is 2. The number of hydrogen-bond acceptors (Lipinski definition) is 2. The number of benzene rings is 2. The number of carbonyl (C=O) groups is 1. The van der Waals surface area contributed by atoms with E-state index in [4.69, 9.17) is 11.6 Å². The van der Waals surface area contributed by atoms with Crippen LogP contribution in [0.25, 0.3) is 21.7 Å². The highest BCUT2D eigenvalue weighted by atomic mass is 35.5. The van der Waals surface area contributed by atoms with Crippen molar-refractivity contribution in [3.63, 3.8) is 0 Å². The maximum atomic E-state index is 12.8. The third kappa shape index (κ3) is 3.08. The van der Waals surface area contributed by atoms with Gasteiger partial charge in [-0.25, -0.2) is 0 Å². The van der Waals surface area contributed by atoms with E-state index in [1.165, 1.54) is 0 Å². The molecular weight excluding hydrogens is 374 g/mol. The van der Waals surface area contributed by atoms with E-state index in [0.717, 1.165) is 21.9 Å². The Bertz CT molecular complexity index is 1290. The molecule has 0 saturated carbocycles. The van der Waals surface area contributed by atoms with Crippen LogP contribution in [-0.4, -0.2) is 15.0 Å². The molecule has 0 aliphatic rings. The Balaban J connectivity index is 1.63. The summed E-state index contributed by atoms with van der Waals surface area (Å²) in [5.41, 5.74) is 2.39. The molecule has 2 aromatic carbocycles. The molecule has 2 aromatic heterocycles. The van der Waals surface area contributed by atoms with E-state index in [2.05, 4.69) is 5.32 Å². The van der Waals surface area contributed by atoms with Crippen molar-refractivity contribution < 1.29 is 4.79 Å². The van der Waals surface area contributed by atoms with E-state index in [-0.39, 0.29) is 17.5 Å². The predicted octanol–water partition coefficient (Wildman–Crippen LogP) is 4.17. The molecule has 4 rings (SSSR count). The van der Waals surface area contributed by atoms with Crippen molar-refractivity contribution in [2.75, 3.05) is 0 Å². The number of hydrogen-bond donors (Lipinski definition) is 1. The van der Waals surface area contributed by atoms with Gasteiger partial charge < -0.3 is 14.5 Å². The third-order valence-corrected chi connectivity index (χ3v) is 5.43. The number of halogens is 1. The van der Waals surface area contributed by atoms with Crippen LogP contribution in [0.5, 0.6) is 0 Å². The number of nitrogens with zero attached hydrogens (tertiary/aromatic N) is 2. The van der Waals surface area contributed by atoms with E-state index in [1.54, 1.807) is 17.8 Å². The molecule has 6 heteroatoms. The number of pyridine rings is 1. The first-order valence-corrected chi connectivity index (χ1v) is 9.38. The number of nitrogens with one attached hydrogen (secondary N) is 1. The molecule has 0 aliphatic heterocycles. The zero-order valence-corrected chi connectivity index (χ0v) is 16.6. The van der Waals surface area contributed by atoms with Gasteiger partial charge in [0.05, 0.1) is 6.04 Å². The third-order valence-electron chi connectivity index (χ3n) is 5.19. The summed E-state index contributed by atoms with van der Waals surface area (Å²) >= 11 is 6.07. The van der Waals surface area contributed by atoms with Gasteiger partial charge in [0.25, 0.3) is 11.5 Å². The van der Waals surface area contributed by atoms with E-state index < -0.39 is 0 Å². The topological polar surface area (TPSA) is 56.0 Å². The van der Waals surface area contributed by atoms with Crippen LogP contribution >= 0.6 is 11.6 Å². The second-order valence-electron chi connectivity index (χ2n) is 7.07. The molecular formula is C22H20ClN3O2. The second kappa shape index (κ2) is 6.84. The summed E-state index contributed by atoms with van der Waals surface area (Å²) < 4.78 is 3.40. The number of amides is 1. The standard InChI is InChI=1S/C22H20ClN3O2/c1-13(14-5-7-18-15(10-14)8-9-25(2)22(18)28)24-21(27)20-11-16-4-6-17(23)12-19(16)26(20)3/h4-13H,1-3H3,(H,24,27). The monoisotopic (exact) mass is 393 g/mol. The molecule has 1 unspecified atom stereocenters. The largest absolute Gasteiger partial charge is 0.344 e. The summed E-state index contributed by atoms with van der Waals surface area (Å²) in [7, 11) is 3.58. The van der Waals surface area contributed by atoms with Crippen molar-refractivity contribution in [2.24, 2.45) is 14.1 Å². The van der Waals surface area contributed by atoms with Gasteiger partial charge in [-0.05, 0) is 54.3 Å². The fraction of sp³-hybridized carbons (Fsp3) is 0.182. The predicted molar refractivity (Wildman–Crippen MR) is 113 cm³/mol. The van der Waals surface area contributed by atoms with Crippen molar-refractivity contribution in [1.29, 1.82) is 0 Å². The first-order valence-electron chi connectivity index (χ1n) is 9.00. The van der Waals surface area contributed by atoms with E-state index >= 15 is 0 Å². The highest BCUT2D eigenvalue weighted by molar-refractivity contribution is 6.31. The maximum Gasteiger partial charge on any atom is 0.268 e. The van der Waals surface area contributed by atoms with Gasteiger partial charge in [-0.15, -0.1) is 0 Å². The van der Waals surface area contributed by atoms with Crippen LogP contribution in [0.4, 0.5) is 0 Å². The number of aryl methyl sites for hydroxylation is 2. The normalized spacial score (nSPS) is 12.4. The van der Waals surface area contributed by atoms with Crippen molar-refractivity contribution in [1.82, 2.24) is 14.5 Å². The average molecular weight is 394 g/mol. The van der Waals surface area contributed by atoms with E-state index in [9.17, 15) is 9.59 Å². The van der Waals surface area contributed by atoms with Crippen LogP contribution in [0.2, 0.25) is 5.02 Å². The summed E-state index contributed by atoms with van der Waals surface area (Å²) in [6, 6.07) is 14.8. The summed E-state index contributed by atoms with van der Waals surface area (Å²) in [5.74, 6) is -0.161. The Labute approximate surface area is 167 Å². The van der Waals surface area contributed by atoms with Gasteiger partial charge in [0.2, 0.25) is 0 Å². The molecule has 1 N–H and O–H groups in total. The Kier molecular flexibility index (Phi) is 4.47. The van der Waals surface area contributed by atoms with Crippen LogP contribution in [-0.2, 0) is 14.1 Å². The minimum Gasteiger partial charge on any atom is -0.344 e. The van der Waals surface area contributed by atoms with Gasteiger partial charge >= 0.3 is 0 Å². The quantitative estimate of drug-likeness (QED) is 0.567. The van der Waals surface area contributed by atoms with Crippen molar-refractivity contribution in [3.05, 3.63) is 81.4 Å². The lowest BCUT2D eigenvalue weighted by atomic mass is 10.0. The number of rotatable bonds is 3. The zero-order chi connectivity index (χ0) is 20.0. The molecule has 1 atom stereocenters. The van der Waals surface area contributed by atoms with Gasteiger partial charge in [0, 0.05) is 41.6 Å². The smallest absolute Gasteiger partial charge is 0.268 e. The van der Waals surface area contributed by atoms with Crippen LogP contribution in [0.15, 0.2) is 59.5 Å². The molecule has 4 aromatic rings. The van der Waals surface area contributed by atoms with Gasteiger partial charge in [-0.3, -0.25) is 9.59 Å². The molecule has 5 nitrogen and oxygen atoms in total. The molecule has 0 saturated heterocycles. The lowest BCUT2D eigenvalue weighted by molar-refractivity contribution is 0.0932. The molecule has 1 amide bonds. The van der Waals surface area contributed by atoms with E-state index in [0.29, 0.717) is 16.1 Å². The summed E-state index contributed by atoms with van der Waals surface area (Å²) in [4.78, 5) is 25.0. The highest BCUT2D eigenvalue weighted by Crippen LogP contribution is 2.24. The van der Waals surface area contributed by atoms with Gasteiger partial charge in [-0.1, -0.05) is 23.7 Å². The van der Waals surface area contributed by atoms with Gasteiger partial charge in [0.1, 0.15) is 5.69 Å². The first-order chi connectivity index (χ1) is 13.3. The van der Waals surface area contributed by atoms with Gasteiger partial charge in [0.15, 0.2) is 0 Å². The second-order valence-corrected chi connectivity index (χ2v) is 7.50. The van der Waals surface area contributed by atoms with Crippen molar-refractivity contribution in [3.8, 4) is 0 Å². The molecule has 0 bridgehead atoms. The number of fused-ring (bicyclic) bond motifs is 2. The average Bonchev–Trinajstić information content (AvgIpc) is 3.00. The summed E-state index contributed by atoms with van der Waals surface area (Å²) in [5, 5.41) is 6.17. The van der Waals surface area contributed by atoms with Crippen LogP contribution in [0.1, 0.15) is 29.0 Å². The number of carbonyl (C=O) groups excluding carboxylic acids is 1. The molecule has 28 heavy (non-hydrogen) atoms. The molecule has 2 heterocycles. The van der Waals surface area contributed by atoms with Crippen LogP contribution in [0, 0.1) is 0 Å².